The van der Waals surface area contributed by atoms with Gasteiger partial charge in [-0.1, -0.05) is 48.5 Å². The molecule has 5 nitrogen and oxygen atoms in total. The normalized spacial score (nSPS) is 11.1. The zero-order valence-electron chi connectivity index (χ0n) is 11.4. The minimum Gasteiger partial charge on any atom is -0.407 e. The molecule has 0 atom stereocenters. The predicted molar refractivity (Wildman–Crippen MR) is 83.8 cm³/mol. The summed E-state index contributed by atoms with van der Waals surface area (Å²) < 4.78 is 5.26. The number of aromatic amines is 1. The lowest BCUT2D eigenvalue weighted by atomic mass is 10.1. The molecule has 0 saturated carbocycles. The van der Waals surface area contributed by atoms with Crippen molar-refractivity contribution in [3.05, 3.63) is 75.5 Å². The zero-order chi connectivity index (χ0) is 15.1. The fraction of sp³-hybridized carbons (Fsp3) is 0. The lowest BCUT2D eigenvalue weighted by molar-refractivity contribution is 0.528. The maximum absolute atomic E-state index is 12.3. The van der Waals surface area contributed by atoms with E-state index < -0.39 is 11.3 Å². The van der Waals surface area contributed by atoms with Crippen LogP contribution in [0.25, 0.3) is 33.1 Å². The molecule has 0 unspecified atom stereocenters. The number of hydrogen-bond donors (Lipinski definition) is 1. The minimum atomic E-state index is -0.785. The number of benzene rings is 2. The maximum atomic E-state index is 12.3. The highest BCUT2D eigenvalue weighted by atomic mass is 16.4. The van der Waals surface area contributed by atoms with Crippen molar-refractivity contribution in [3.8, 4) is 11.3 Å². The summed E-state index contributed by atoms with van der Waals surface area (Å²) in [5, 5.41) is 0.992. The number of nitrogens with one attached hydrogen (secondary N) is 1. The fourth-order valence-electron chi connectivity index (χ4n) is 2.58. The van der Waals surface area contributed by atoms with Crippen LogP contribution in [0.3, 0.4) is 0 Å². The summed E-state index contributed by atoms with van der Waals surface area (Å²) in [6, 6.07) is 16.6. The van der Waals surface area contributed by atoms with Gasteiger partial charge in [0.05, 0.1) is 10.9 Å². The van der Waals surface area contributed by atoms with Crippen LogP contribution in [0.5, 0.6) is 0 Å². The first-order chi connectivity index (χ1) is 10.7. The number of nitrogens with zero attached hydrogens (tertiary/aromatic N) is 1. The molecular formula is C17H10N2O3. The summed E-state index contributed by atoms with van der Waals surface area (Å²) in [7, 11) is 0. The quantitative estimate of drug-likeness (QED) is 0.547. The molecule has 0 aliphatic rings. The van der Waals surface area contributed by atoms with Crippen LogP contribution in [0.2, 0.25) is 0 Å². The highest BCUT2D eigenvalue weighted by Gasteiger charge is 2.15. The van der Waals surface area contributed by atoms with Gasteiger partial charge >= 0.3 is 5.76 Å². The average Bonchev–Trinajstić information content (AvgIpc) is 2.54. The lowest BCUT2D eigenvalue weighted by Gasteiger charge is -2.07. The van der Waals surface area contributed by atoms with Crippen LogP contribution in [0.15, 0.2) is 68.6 Å². The van der Waals surface area contributed by atoms with E-state index in [4.69, 9.17) is 4.42 Å². The molecule has 0 spiro atoms. The number of rotatable bonds is 1. The molecular weight excluding hydrogens is 280 g/mol. The van der Waals surface area contributed by atoms with Gasteiger partial charge in [0, 0.05) is 10.9 Å². The van der Waals surface area contributed by atoms with Crippen LogP contribution < -0.4 is 11.3 Å². The van der Waals surface area contributed by atoms with Crippen molar-refractivity contribution >= 4 is 21.9 Å². The number of hydrogen-bond acceptors (Lipinski definition) is 4. The van der Waals surface area contributed by atoms with Crippen molar-refractivity contribution < 1.29 is 4.42 Å². The molecule has 0 fully saturated rings. The Labute approximate surface area is 123 Å². The number of para-hydroxylation sites is 1. The first-order valence-corrected chi connectivity index (χ1v) is 6.75. The Morgan fingerprint density at radius 3 is 2.45 bits per heavy atom. The van der Waals surface area contributed by atoms with E-state index in [1.54, 1.807) is 6.07 Å². The van der Waals surface area contributed by atoms with Crippen LogP contribution in [0, 0.1) is 0 Å². The van der Waals surface area contributed by atoms with Gasteiger partial charge in [0.25, 0.3) is 5.56 Å². The number of pyridine rings is 1. The molecule has 0 saturated heterocycles. The molecule has 2 heterocycles. The molecule has 0 radical (unpaired) electrons. The third kappa shape index (κ3) is 1.83. The lowest BCUT2D eigenvalue weighted by Crippen LogP contribution is -2.19. The van der Waals surface area contributed by atoms with Crippen LogP contribution >= 0.6 is 0 Å². The standard InChI is InChI=1S/C17H10N2O3/c20-16-13-11-8-4-5-9-12(11)18-14(10-6-2-1-3-7-10)15(13)22-17(21)19-16/h1-9H,(H,19,20,21). The molecule has 106 valence electrons. The van der Waals surface area contributed by atoms with Gasteiger partial charge < -0.3 is 4.42 Å². The number of fused-ring (bicyclic) bond motifs is 3. The molecule has 4 rings (SSSR count). The van der Waals surface area contributed by atoms with E-state index in [9.17, 15) is 9.59 Å². The van der Waals surface area contributed by atoms with E-state index in [0.29, 0.717) is 22.0 Å². The van der Waals surface area contributed by atoms with Crippen molar-refractivity contribution in [3.63, 3.8) is 0 Å². The second-order valence-corrected chi connectivity index (χ2v) is 4.89. The van der Waals surface area contributed by atoms with Crippen LogP contribution in [0.1, 0.15) is 0 Å². The van der Waals surface area contributed by atoms with Crippen molar-refractivity contribution in [2.45, 2.75) is 0 Å². The second-order valence-electron chi connectivity index (χ2n) is 4.89. The monoisotopic (exact) mass is 290 g/mol. The van der Waals surface area contributed by atoms with Crippen LogP contribution in [-0.4, -0.2) is 9.97 Å². The van der Waals surface area contributed by atoms with Gasteiger partial charge in [-0.05, 0) is 6.07 Å². The summed E-state index contributed by atoms with van der Waals surface area (Å²) in [5.74, 6) is -0.785. The molecule has 22 heavy (non-hydrogen) atoms. The molecule has 0 aliphatic carbocycles. The van der Waals surface area contributed by atoms with E-state index in [1.807, 2.05) is 48.5 Å². The minimum absolute atomic E-state index is 0.207. The Hall–Kier alpha value is -3.21. The Kier molecular flexibility index (Phi) is 2.66. The van der Waals surface area contributed by atoms with E-state index in [-0.39, 0.29) is 5.58 Å². The maximum Gasteiger partial charge on any atom is 0.419 e. The summed E-state index contributed by atoms with van der Waals surface area (Å²) >= 11 is 0. The van der Waals surface area contributed by atoms with Gasteiger partial charge in [-0.3, -0.25) is 9.78 Å². The van der Waals surface area contributed by atoms with Crippen molar-refractivity contribution in [1.29, 1.82) is 0 Å². The Morgan fingerprint density at radius 2 is 1.64 bits per heavy atom. The van der Waals surface area contributed by atoms with Gasteiger partial charge in [0.15, 0.2) is 5.58 Å². The zero-order valence-corrected chi connectivity index (χ0v) is 11.4. The molecule has 5 heteroatoms. The molecule has 0 aliphatic heterocycles. The molecule has 1 N–H and O–H groups in total. The third-order valence-corrected chi connectivity index (χ3v) is 3.53. The summed E-state index contributed by atoms with van der Waals surface area (Å²) in [6.45, 7) is 0. The van der Waals surface area contributed by atoms with E-state index in [1.165, 1.54) is 0 Å². The van der Waals surface area contributed by atoms with Gasteiger partial charge in [-0.25, -0.2) is 9.78 Å². The van der Waals surface area contributed by atoms with E-state index in [0.717, 1.165) is 5.56 Å². The summed E-state index contributed by atoms with van der Waals surface area (Å²) in [6.07, 6.45) is 0. The smallest absolute Gasteiger partial charge is 0.407 e. The van der Waals surface area contributed by atoms with E-state index in [2.05, 4.69) is 9.97 Å². The van der Waals surface area contributed by atoms with Gasteiger partial charge in [-0.2, -0.15) is 0 Å². The number of H-pyrrole nitrogens is 1. The van der Waals surface area contributed by atoms with Gasteiger partial charge in [0.1, 0.15) is 5.69 Å². The molecule has 2 aromatic carbocycles. The van der Waals surface area contributed by atoms with Crippen molar-refractivity contribution in [2.75, 3.05) is 0 Å². The highest BCUT2D eigenvalue weighted by Crippen LogP contribution is 2.29. The molecule has 0 bridgehead atoms. The molecule has 4 aromatic rings. The average molecular weight is 290 g/mol. The summed E-state index contributed by atoms with van der Waals surface area (Å²) in [4.78, 5) is 30.6. The molecule has 2 aromatic heterocycles. The Bertz CT molecular complexity index is 1110. The van der Waals surface area contributed by atoms with Crippen molar-refractivity contribution in [1.82, 2.24) is 9.97 Å². The van der Waals surface area contributed by atoms with Gasteiger partial charge in [0.2, 0.25) is 0 Å². The predicted octanol–water partition coefficient (Wildman–Crippen LogP) is 2.70. The Morgan fingerprint density at radius 1 is 0.909 bits per heavy atom. The van der Waals surface area contributed by atoms with Crippen LogP contribution in [0.4, 0.5) is 0 Å². The highest BCUT2D eigenvalue weighted by molar-refractivity contribution is 6.07. The second kappa shape index (κ2) is 4.66. The topological polar surface area (TPSA) is 76.0 Å². The Balaban J connectivity index is 2.29. The SMILES string of the molecule is O=c1[nH]c(=O)c2c(o1)c(-c1ccccc1)nc1ccccc12. The van der Waals surface area contributed by atoms with Crippen LogP contribution in [-0.2, 0) is 0 Å². The number of aromatic nitrogens is 2. The fourth-order valence-corrected chi connectivity index (χ4v) is 2.58. The summed E-state index contributed by atoms with van der Waals surface area (Å²) in [5.41, 5.74) is 1.68. The first kappa shape index (κ1) is 12.5. The molecule has 0 amide bonds. The first-order valence-electron chi connectivity index (χ1n) is 6.75. The third-order valence-electron chi connectivity index (χ3n) is 3.53. The largest absolute Gasteiger partial charge is 0.419 e. The van der Waals surface area contributed by atoms with E-state index >= 15 is 0 Å². The van der Waals surface area contributed by atoms with Gasteiger partial charge in [-0.15, -0.1) is 0 Å². The van der Waals surface area contributed by atoms with Crippen molar-refractivity contribution in [2.24, 2.45) is 0 Å².